The van der Waals surface area contributed by atoms with Crippen LogP contribution in [-0.4, -0.2) is 21.5 Å². The van der Waals surface area contributed by atoms with E-state index < -0.39 is 10.0 Å². The number of aryl methyl sites for hydroxylation is 2. The number of sulfonamides is 1. The second-order valence-corrected chi connectivity index (χ2v) is 8.47. The summed E-state index contributed by atoms with van der Waals surface area (Å²) in [5.74, 6) is 0. The van der Waals surface area contributed by atoms with Crippen LogP contribution >= 0.6 is 0 Å². The molecule has 1 aliphatic rings. The predicted octanol–water partition coefficient (Wildman–Crippen LogP) is 4.48. The van der Waals surface area contributed by atoms with Crippen LogP contribution in [0, 0.1) is 13.8 Å². The summed E-state index contributed by atoms with van der Waals surface area (Å²) in [6.45, 7) is 5.93. The lowest BCUT2D eigenvalue weighted by atomic mass is 10.2. The SMILES string of the molecule is Cc1ccc(S(=O)(=O)Nc2ccc(N3CCCCCC3)cc2)c(C)c1. The number of benzene rings is 2. The summed E-state index contributed by atoms with van der Waals surface area (Å²) in [5, 5.41) is 0. The van der Waals surface area contributed by atoms with Gasteiger partial charge < -0.3 is 4.90 Å². The van der Waals surface area contributed by atoms with Gasteiger partial charge in [0, 0.05) is 24.5 Å². The van der Waals surface area contributed by atoms with E-state index in [1.54, 1.807) is 6.07 Å². The van der Waals surface area contributed by atoms with Gasteiger partial charge in [0.1, 0.15) is 0 Å². The highest BCUT2D eigenvalue weighted by Crippen LogP contribution is 2.24. The average molecular weight is 359 g/mol. The normalized spacial score (nSPS) is 15.7. The van der Waals surface area contributed by atoms with Crippen LogP contribution in [0.4, 0.5) is 11.4 Å². The molecule has 0 amide bonds. The smallest absolute Gasteiger partial charge is 0.262 e. The van der Waals surface area contributed by atoms with Gasteiger partial charge in [-0.05, 0) is 62.6 Å². The molecule has 3 rings (SSSR count). The third kappa shape index (κ3) is 4.34. The van der Waals surface area contributed by atoms with Gasteiger partial charge in [0.2, 0.25) is 0 Å². The average Bonchev–Trinajstić information content (AvgIpc) is 2.84. The Bertz CT molecular complexity index is 821. The van der Waals surface area contributed by atoms with Gasteiger partial charge >= 0.3 is 0 Å². The maximum Gasteiger partial charge on any atom is 0.262 e. The van der Waals surface area contributed by atoms with Crippen molar-refractivity contribution in [2.75, 3.05) is 22.7 Å². The molecule has 0 atom stereocenters. The standard InChI is InChI=1S/C20H26N2O2S/c1-16-7-12-20(17(2)15-16)25(23,24)21-18-8-10-19(11-9-18)22-13-5-3-4-6-14-22/h7-12,15,21H,3-6,13-14H2,1-2H3. The summed E-state index contributed by atoms with van der Waals surface area (Å²) in [7, 11) is -3.57. The van der Waals surface area contributed by atoms with Crippen molar-refractivity contribution in [1.29, 1.82) is 0 Å². The van der Waals surface area contributed by atoms with E-state index in [1.807, 2.05) is 50.2 Å². The molecule has 1 saturated heterocycles. The van der Waals surface area contributed by atoms with E-state index >= 15 is 0 Å². The van der Waals surface area contributed by atoms with Gasteiger partial charge in [0.25, 0.3) is 10.0 Å². The summed E-state index contributed by atoms with van der Waals surface area (Å²) in [4.78, 5) is 2.71. The van der Waals surface area contributed by atoms with Gasteiger partial charge in [0.05, 0.1) is 4.90 Å². The first-order chi connectivity index (χ1) is 12.0. The predicted molar refractivity (Wildman–Crippen MR) is 104 cm³/mol. The Labute approximate surface area is 150 Å². The minimum atomic E-state index is -3.57. The number of hydrogen-bond donors (Lipinski definition) is 1. The van der Waals surface area contributed by atoms with E-state index in [2.05, 4.69) is 9.62 Å². The molecule has 0 bridgehead atoms. The maximum atomic E-state index is 12.6. The molecule has 0 aromatic heterocycles. The van der Waals surface area contributed by atoms with Gasteiger partial charge in [-0.1, -0.05) is 30.5 Å². The highest BCUT2D eigenvalue weighted by Gasteiger charge is 2.17. The van der Waals surface area contributed by atoms with Crippen molar-refractivity contribution in [1.82, 2.24) is 0 Å². The molecule has 1 N–H and O–H groups in total. The van der Waals surface area contributed by atoms with E-state index in [9.17, 15) is 8.42 Å². The third-order valence-electron chi connectivity index (χ3n) is 4.71. The van der Waals surface area contributed by atoms with Crippen LogP contribution in [0.25, 0.3) is 0 Å². The van der Waals surface area contributed by atoms with E-state index in [1.165, 1.54) is 25.7 Å². The Morgan fingerprint density at radius 3 is 2.12 bits per heavy atom. The molecule has 0 unspecified atom stereocenters. The van der Waals surface area contributed by atoms with Crippen LogP contribution in [0.2, 0.25) is 0 Å². The maximum absolute atomic E-state index is 12.6. The topological polar surface area (TPSA) is 49.4 Å². The Morgan fingerprint density at radius 1 is 0.880 bits per heavy atom. The van der Waals surface area contributed by atoms with Crippen LogP contribution in [0.1, 0.15) is 36.8 Å². The fourth-order valence-electron chi connectivity index (χ4n) is 3.38. The number of anilines is 2. The molecule has 0 spiro atoms. The van der Waals surface area contributed by atoms with E-state index in [0.29, 0.717) is 10.6 Å². The Balaban J connectivity index is 1.76. The minimum absolute atomic E-state index is 0.328. The third-order valence-corrected chi connectivity index (χ3v) is 6.25. The molecule has 4 nitrogen and oxygen atoms in total. The first-order valence-corrected chi connectivity index (χ1v) is 10.4. The van der Waals surface area contributed by atoms with Gasteiger partial charge in [-0.15, -0.1) is 0 Å². The fourth-order valence-corrected chi connectivity index (χ4v) is 4.67. The molecule has 1 heterocycles. The molecule has 1 aliphatic heterocycles. The molecule has 0 saturated carbocycles. The quantitative estimate of drug-likeness (QED) is 0.876. The lowest BCUT2D eigenvalue weighted by molar-refractivity contribution is 0.600. The van der Waals surface area contributed by atoms with Crippen LogP contribution < -0.4 is 9.62 Å². The Kier molecular flexibility index (Phi) is 5.33. The summed E-state index contributed by atoms with van der Waals surface area (Å²) in [6, 6.07) is 13.1. The summed E-state index contributed by atoms with van der Waals surface area (Å²) in [5.41, 5.74) is 3.57. The molecule has 1 fully saturated rings. The molecule has 134 valence electrons. The van der Waals surface area contributed by atoms with Crippen molar-refractivity contribution in [3.05, 3.63) is 53.6 Å². The van der Waals surface area contributed by atoms with Crippen LogP contribution in [0.15, 0.2) is 47.4 Å². The molecule has 5 heteroatoms. The van der Waals surface area contributed by atoms with Crippen molar-refractivity contribution in [2.24, 2.45) is 0 Å². The van der Waals surface area contributed by atoms with Crippen molar-refractivity contribution < 1.29 is 8.42 Å². The number of hydrogen-bond acceptors (Lipinski definition) is 3. The first-order valence-electron chi connectivity index (χ1n) is 8.91. The highest BCUT2D eigenvalue weighted by atomic mass is 32.2. The van der Waals surface area contributed by atoms with Crippen molar-refractivity contribution in [2.45, 2.75) is 44.4 Å². The first kappa shape index (κ1) is 17.8. The second-order valence-electron chi connectivity index (χ2n) is 6.82. The van der Waals surface area contributed by atoms with Gasteiger partial charge in [-0.2, -0.15) is 0 Å². The van der Waals surface area contributed by atoms with Crippen LogP contribution in [-0.2, 0) is 10.0 Å². The van der Waals surface area contributed by atoms with Gasteiger partial charge in [0.15, 0.2) is 0 Å². The Morgan fingerprint density at radius 2 is 1.52 bits per heavy atom. The van der Waals surface area contributed by atoms with Gasteiger partial charge in [-0.3, -0.25) is 4.72 Å². The van der Waals surface area contributed by atoms with Gasteiger partial charge in [-0.25, -0.2) is 8.42 Å². The lowest BCUT2D eigenvalue weighted by Gasteiger charge is -2.23. The van der Waals surface area contributed by atoms with Crippen LogP contribution in [0.3, 0.4) is 0 Å². The summed E-state index contributed by atoms with van der Waals surface area (Å²) >= 11 is 0. The zero-order chi connectivity index (χ0) is 17.9. The zero-order valence-electron chi connectivity index (χ0n) is 15.0. The van der Waals surface area contributed by atoms with E-state index in [0.717, 1.165) is 29.9 Å². The molecule has 0 aliphatic carbocycles. The minimum Gasteiger partial charge on any atom is -0.372 e. The highest BCUT2D eigenvalue weighted by molar-refractivity contribution is 7.92. The molecular weight excluding hydrogens is 332 g/mol. The van der Waals surface area contributed by atoms with Crippen molar-refractivity contribution in [3.8, 4) is 0 Å². The second kappa shape index (κ2) is 7.48. The zero-order valence-corrected chi connectivity index (χ0v) is 15.8. The molecule has 25 heavy (non-hydrogen) atoms. The Hall–Kier alpha value is -2.01. The lowest BCUT2D eigenvalue weighted by Crippen LogP contribution is -2.23. The molecule has 2 aromatic carbocycles. The molecule has 2 aromatic rings. The monoisotopic (exact) mass is 358 g/mol. The molecule has 0 radical (unpaired) electrons. The summed E-state index contributed by atoms with van der Waals surface area (Å²) < 4.78 is 28.0. The number of nitrogens with one attached hydrogen (secondary N) is 1. The van der Waals surface area contributed by atoms with E-state index in [4.69, 9.17) is 0 Å². The van der Waals surface area contributed by atoms with E-state index in [-0.39, 0.29) is 0 Å². The number of nitrogens with zero attached hydrogens (tertiary/aromatic N) is 1. The fraction of sp³-hybridized carbons (Fsp3) is 0.400. The number of rotatable bonds is 4. The molecular formula is C20H26N2O2S. The van der Waals surface area contributed by atoms with Crippen LogP contribution in [0.5, 0.6) is 0 Å². The van der Waals surface area contributed by atoms with Crippen molar-refractivity contribution in [3.63, 3.8) is 0 Å². The summed E-state index contributed by atoms with van der Waals surface area (Å²) in [6.07, 6.45) is 5.04. The largest absolute Gasteiger partial charge is 0.372 e. The van der Waals surface area contributed by atoms with Crippen molar-refractivity contribution >= 4 is 21.4 Å².